The second kappa shape index (κ2) is 4.70. The molecule has 0 amide bonds. The Labute approximate surface area is 102 Å². The molecule has 0 atom stereocenters. The summed E-state index contributed by atoms with van der Waals surface area (Å²) >= 11 is 10.6. The van der Waals surface area contributed by atoms with Crippen molar-refractivity contribution in [3.05, 3.63) is 32.1 Å². The molecule has 70 valence electrons. The van der Waals surface area contributed by atoms with E-state index in [9.17, 15) is 9.18 Å². The van der Waals surface area contributed by atoms with E-state index in [4.69, 9.17) is 11.6 Å². The van der Waals surface area contributed by atoms with Crippen molar-refractivity contribution >= 4 is 55.9 Å². The summed E-state index contributed by atoms with van der Waals surface area (Å²) in [6.45, 7) is 0. The number of carbonyl (C=O) groups is 1. The fraction of sp³-hybridized carbons (Fsp3) is 0.125. The molecule has 1 rings (SSSR count). The third-order valence-corrected chi connectivity index (χ3v) is 3.47. The number of benzene rings is 1. The molecule has 1 aromatic rings. The normalized spacial score (nSPS) is 10.2. The van der Waals surface area contributed by atoms with Gasteiger partial charge in [0.15, 0.2) is 5.78 Å². The Kier molecular flexibility index (Phi) is 4.12. The lowest BCUT2D eigenvalue weighted by molar-refractivity contribution is 0.102. The summed E-state index contributed by atoms with van der Waals surface area (Å²) in [5.74, 6) is -0.839. The quantitative estimate of drug-likeness (QED) is 0.333. The summed E-state index contributed by atoms with van der Waals surface area (Å²) in [4.78, 5) is 11.1. The lowest BCUT2D eigenvalue weighted by Gasteiger charge is -2.02. The van der Waals surface area contributed by atoms with Crippen LogP contribution in [0.2, 0.25) is 5.02 Å². The van der Waals surface area contributed by atoms with Crippen LogP contribution in [-0.4, -0.2) is 11.1 Å². The topological polar surface area (TPSA) is 17.1 Å². The maximum absolute atomic E-state index is 13.2. The number of Topliss-reactive ketones (excluding diaryl/α,β-unsaturated/α-hetero) is 1. The number of rotatable bonds is 2. The van der Waals surface area contributed by atoms with Gasteiger partial charge in [-0.05, 0) is 34.7 Å². The van der Waals surface area contributed by atoms with Crippen LogP contribution in [0.4, 0.5) is 4.39 Å². The maximum Gasteiger partial charge on any atom is 0.176 e. The molecule has 0 aliphatic heterocycles. The molecule has 0 spiro atoms. The van der Waals surface area contributed by atoms with Gasteiger partial charge in [-0.3, -0.25) is 4.79 Å². The molecule has 0 bridgehead atoms. The van der Waals surface area contributed by atoms with Crippen LogP contribution in [-0.2, 0) is 0 Å². The Morgan fingerprint density at radius 2 is 2.23 bits per heavy atom. The van der Waals surface area contributed by atoms with E-state index < -0.39 is 5.82 Å². The fourth-order valence-electron chi connectivity index (χ4n) is 0.808. The molecular formula is C8H4BrClFIO. The van der Waals surface area contributed by atoms with Gasteiger partial charge in [-0.15, -0.1) is 0 Å². The van der Waals surface area contributed by atoms with Gasteiger partial charge in [0.25, 0.3) is 0 Å². The second-order valence-corrected chi connectivity index (χ2v) is 4.43. The molecule has 0 aliphatic carbocycles. The molecule has 0 saturated carbocycles. The van der Waals surface area contributed by atoms with E-state index >= 15 is 0 Å². The van der Waals surface area contributed by atoms with Crippen LogP contribution in [0.25, 0.3) is 0 Å². The number of hydrogen-bond donors (Lipinski definition) is 0. The van der Waals surface area contributed by atoms with Gasteiger partial charge in [-0.25, -0.2) is 4.39 Å². The van der Waals surface area contributed by atoms with Gasteiger partial charge in [-0.1, -0.05) is 27.5 Å². The van der Waals surface area contributed by atoms with E-state index in [1.54, 1.807) is 0 Å². The number of hydrogen-bond acceptors (Lipinski definition) is 1. The molecule has 5 heteroatoms. The zero-order valence-corrected chi connectivity index (χ0v) is 10.8. The second-order valence-electron chi connectivity index (χ2n) is 2.30. The first-order valence-electron chi connectivity index (χ1n) is 3.30. The van der Waals surface area contributed by atoms with E-state index in [1.165, 1.54) is 12.1 Å². The smallest absolute Gasteiger partial charge is 0.176 e. The Morgan fingerprint density at radius 3 is 2.77 bits per heavy atom. The van der Waals surface area contributed by atoms with Gasteiger partial charge < -0.3 is 0 Å². The van der Waals surface area contributed by atoms with E-state index in [0.29, 0.717) is 8.59 Å². The van der Waals surface area contributed by atoms with Crippen molar-refractivity contribution in [2.75, 3.05) is 5.33 Å². The molecule has 0 fully saturated rings. The molecule has 0 aromatic heterocycles. The minimum Gasteiger partial charge on any atom is -0.293 e. The Hall–Kier alpha value is 0.320. The average molecular weight is 377 g/mol. The largest absolute Gasteiger partial charge is 0.293 e. The van der Waals surface area contributed by atoms with Crippen LogP contribution >= 0.6 is 50.1 Å². The summed E-state index contributed by atoms with van der Waals surface area (Å²) in [5.41, 5.74) is 0.0299. The van der Waals surface area contributed by atoms with E-state index in [-0.39, 0.29) is 16.7 Å². The molecule has 0 aliphatic rings. The predicted molar refractivity (Wildman–Crippen MR) is 62.3 cm³/mol. The zero-order valence-electron chi connectivity index (χ0n) is 6.28. The van der Waals surface area contributed by atoms with Crippen molar-refractivity contribution in [1.82, 2.24) is 0 Å². The van der Waals surface area contributed by atoms with Gasteiger partial charge in [0, 0.05) is 3.57 Å². The molecule has 0 saturated heterocycles. The highest BCUT2D eigenvalue weighted by Crippen LogP contribution is 2.22. The summed E-state index contributed by atoms with van der Waals surface area (Å²) in [5, 5.41) is 0.493. The van der Waals surface area contributed by atoms with Crippen molar-refractivity contribution < 1.29 is 9.18 Å². The molecule has 0 N–H and O–H groups in total. The Morgan fingerprint density at radius 1 is 1.62 bits per heavy atom. The Balaban J connectivity index is 3.23. The number of ketones is 1. The summed E-state index contributed by atoms with van der Waals surface area (Å²) in [7, 11) is 0. The third-order valence-electron chi connectivity index (χ3n) is 1.43. The average Bonchev–Trinajstić information content (AvgIpc) is 2.10. The molecule has 0 unspecified atom stereocenters. The zero-order chi connectivity index (χ0) is 10.0. The molecule has 13 heavy (non-hydrogen) atoms. The first-order valence-corrected chi connectivity index (χ1v) is 5.87. The summed E-state index contributed by atoms with van der Waals surface area (Å²) in [6.07, 6.45) is 0. The van der Waals surface area contributed by atoms with Crippen LogP contribution in [0.1, 0.15) is 10.4 Å². The lowest BCUT2D eigenvalue weighted by atomic mass is 10.1. The molecule has 1 nitrogen and oxygen atoms in total. The fourth-order valence-corrected chi connectivity index (χ4v) is 1.70. The van der Waals surface area contributed by atoms with Crippen molar-refractivity contribution in [3.8, 4) is 0 Å². The minimum atomic E-state index is -0.529. The number of halogens is 4. The van der Waals surface area contributed by atoms with Crippen LogP contribution in [0.5, 0.6) is 0 Å². The highest BCUT2D eigenvalue weighted by atomic mass is 127. The first kappa shape index (κ1) is 11.4. The van der Waals surface area contributed by atoms with Gasteiger partial charge in [-0.2, -0.15) is 0 Å². The highest BCUT2D eigenvalue weighted by Gasteiger charge is 2.12. The van der Waals surface area contributed by atoms with E-state index in [0.717, 1.165) is 0 Å². The molecule has 0 radical (unpaired) electrons. The van der Waals surface area contributed by atoms with Crippen LogP contribution in [0, 0.1) is 9.39 Å². The summed E-state index contributed by atoms with van der Waals surface area (Å²) in [6, 6.07) is 2.60. The Bertz CT molecular complexity index is 356. The van der Waals surface area contributed by atoms with Crippen LogP contribution in [0.3, 0.4) is 0 Å². The standard InChI is InChI=1S/C8H4BrClFIO/c9-3-8(13)4-1-5(10)7(12)2-6(4)11/h1-2H,3H2. The number of alkyl halides is 1. The minimum absolute atomic E-state index is 0.0299. The van der Waals surface area contributed by atoms with Gasteiger partial charge in [0.1, 0.15) is 5.82 Å². The maximum atomic E-state index is 13.2. The van der Waals surface area contributed by atoms with Gasteiger partial charge in [0.2, 0.25) is 0 Å². The summed E-state index contributed by atoms with van der Waals surface area (Å²) < 4.78 is 13.8. The van der Waals surface area contributed by atoms with E-state index in [1.807, 2.05) is 22.6 Å². The van der Waals surface area contributed by atoms with Crippen molar-refractivity contribution in [2.45, 2.75) is 0 Å². The van der Waals surface area contributed by atoms with Crippen molar-refractivity contribution in [3.63, 3.8) is 0 Å². The predicted octanol–water partition coefficient (Wildman–Crippen LogP) is 3.66. The van der Waals surface area contributed by atoms with Crippen LogP contribution < -0.4 is 0 Å². The first-order chi connectivity index (χ1) is 6.06. The van der Waals surface area contributed by atoms with Crippen LogP contribution in [0.15, 0.2) is 12.1 Å². The van der Waals surface area contributed by atoms with Crippen molar-refractivity contribution in [2.24, 2.45) is 0 Å². The lowest BCUT2D eigenvalue weighted by Crippen LogP contribution is -2.03. The van der Waals surface area contributed by atoms with Gasteiger partial charge in [0.05, 0.1) is 15.9 Å². The highest BCUT2D eigenvalue weighted by molar-refractivity contribution is 14.1. The van der Waals surface area contributed by atoms with E-state index in [2.05, 4.69) is 15.9 Å². The monoisotopic (exact) mass is 376 g/mol. The van der Waals surface area contributed by atoms with Gasteiger partial charge >= 0.3 is 0 Å². The molecular weight excluding hydrogens is 373 g/mol. The van der Waals surface area contributed by atoms with Crippen molar-refractivity contribution in [1.29, 1.82) is 0 Å². The molecule has 1 aromatic carbocycles. The molecule has 0 heterocycles. The number of carbonyl (C=O) groups excluding carboxylic acids is 1. The SMILES string of the molecule is O=C(CBr)c1cc(Cl)c(I)cc1F. The third kappa shape index (κ3) is 2.63.